The van der Waals surface area contributed by atoms with Crippen LogP contribution in [0.3, 0.4) is 0 Å². The van der Waals surface area contributed by atoms with Gasteiger partial charge in [0.2, 0.25) is 5.91 Å². The zero-order chi connectivity index (χ0) is 26.4. The van der Waals surface area contributed by atoms with Gasteiger partial charge in [-0.25, -0.2) is 4.39 Å². The minimum absolute atomic E-state index is 0.0226. The van der Waals surface area contributed by atoms with Crippen LogP contribution in [0.2, 0.25) is 10.0 Å². The number of amides is 2. The van der Waals surface area contributed by atoms with Gasteiger partial charge < -0.3 is 24.8 Å². The highest BCUT2D eigenvalue weighted by Gasteiger charge is 2.42. The number of carboxylic acid groups (broad SMARTS) is 1. The molecule has 6 nitrogen and oxygen atoms in total. The van der Waals surface area contributed by atoms with Crippen LogP contribution in [-0.2, 0) is 16.9 Å². The van der Waals surface area contributed by atoms with E-state index < -0.39 is 42.5 Å². The molecule has 0 saturated heterocycles. The second-order valence-electron chi connectivity index (χ2n) is 8.01. The molecule has 0 unspecified atom stereocenters. The van der Waals surface area contributed by atoms with Crippen LogP contribution in [0, 0.1) is 5.82 Å². The zero-order valence-corrected chi connectivity index (χ0v) is 20.1. The number of aliphatic hydroxyl groups excluding tert-OH is 1. The van der Waals surface area contributed by atoms with Crippen molar-refractivity contribution in [2.24, 2.45) is 0 Å². The fourth-order valence-corrected chi connectivity index (χ4v) is 4.10. The second kappa shape index (κ2) is 11.9. The summed E-state index contributed by atoms with van der Waals surface area (Å²) in [5.41, 5.74) is -1.12. The lowest BCUT2D eigenvalue weighted by molar-refractivity contribution is -0.274. The van der Waals surface area contributed by atoms with E-state index in [4.69, 9.17) is 23.2 Å². The van der Waals surface area contributed by atoms with Gasteiger partial charge in [0.1, 0.15) is 18.3 Å². The lowest BCUT2D eigenvalue weighted by Crippen LogP contribution is -2.59. The fraction of sp³-hybridized carbons (Fsp3) is 0.391. The molecule has 0 aromatic heterocycles. The van der Waals surface area contributed by atoms with E-state index in [1.165, 1.54) is 30.3 Å². The van der Waals surface area contributed by atoms with Crippen molar-refractivity contribution in [3.8, 4) is 0 Å². The average molecular weight is 538 g/mol. The SMILES string of the molecule is CN(C[C@](CCCO)(c1ccc(Cl)c(Cl)c1)N(Cc1ccc(F)cc1)C(=O)[O-])C(=O)CC(F)(F)F. The number of benzene rings is 2. The highest BCUT2D eigenvalue weighted by atomic mass is 35.5. The maximum Gasteiger partial charge on any atom is 0.397 e. The summed E-state index contributed by atoms with van der Waals surface area (Å²) >= 11 is 12.2. The Hall–Kier alpha value is -2.56. The summed E-state index contributed by atoms with van der Waals surface area (Å²) in [6, 6.07) is 9.10. The first kappa shape index (κ1) is 28.7. The van der Waals surface area contributed by atoms with Gasteiger partial charge in [-0.05, 0) is 48.2 Å². The number of aliphatic hydroxyl groups is 1. The van der Waals surface area contributed by atoms with Crippen LogP contribution in [0.15, 0.2) is 42.5 Å². The fourth-order valence-electron chi connectivity index (χ4n) is 3.80. The minimum Gasteiger partial charge on any atom is -0.530 e. The highest BCUT2D eigenvalue weighted by Crippen LogP contribution is 2.39. The number of halogens is 6. The zero-order valence-electron chi connectivity index (χ0n) is 18.6. The van der Waals surface area contributed by atoms with Gasteiger partial charge in [-0.15, -0.1) is 0 Å². The molecular weight excluding hydrogens is 515 g/mol. The molecule has 2 amide bonds. The van der Waals surface area contributed by atoms with E-state index in [0.29, 0.717) is 5.56 Å². The van der Waals surface area contributed by atoms with E-state index in [2.05, 4.69) is 0 Å². The highest BCUT2D eigenvalue weighted by molar-refractivity contribution is 6.42. The van der Waals surface area contributed by atoms with Gasteiger partial charge in [-0.3, -0.25) is 4.79 Å². The third kappa shape index (κ3) is 7.71. The summed E-state index contributed by atoms with van der Waals surface area (Å²) in [6.45, 7) is -1.24. The van der Waals surface area contributed by atoms with Crippen molar-refractivity contribution >= 4 is 35.2 Å². The number of carbonyl (C=O) groups excluding carboxylic acids is 2. The van der Waals surface area contributed by atoms with Crippen LogP contribution in [0.25, 0.3) is 0 Å². The standard InChI is InChI=1S/C23H24Cl2F4N2O4/c1-30(20(33)12-23(27,28)29)14-22(9-2-10-32,16-5-8-18(24)19(25)11-16)31(21(34)35)13-15-3-6-17(26)7-4-15/h3-8,11,32H,2,9-10,12-14H2,1H3,(H,34,35)/p-1/t22-/m1/s1. The summed E-state index contributed by atoms with van der Waals surface area (Å²) in [4.78, 5) is 26.4. The molecule has 1 atom stereocenters. The van der Waals surface area contributed by atoms with Crippen LogP contribution in [-0.4, -0.2) is 53.3 Å². The van der Waals surface area contributed by atoms with Gasteiger partial charge in [-0.2, -0.15) is 13.2 Å². The first-order chi connectivity index (χ1) is 16.3. The van der Waals surface area contributed by atoms with E-state index in [0.717, 1.165) is 29.0 Å². The van der Waals surface area contributed by atoms with Crippen molar-refractivity contribution in [1.29, 1.82) is 0 Å². The molecular formula is C23H23Cl2F4N2O4-. The van der Waals surface area contributed by atoms with Gasteiger partial charge in [0.15, 0.2) is 0 Å². The largest absolute Gasteiger partial charge is 0.530 e. The van der Waals surface area contributed by atoms with E-state index in [1.54, 1.807) is 0 Å². The van der Waals surface area contributed by atoms with Crippen molar-refractivity contribution in [2.45, 2.75) is 37.5 Å². The first-order valence-electron chi connectivity index (χ1n) is 10.4. The second-order valence-corrected chi connectivity index (χ2v) is 8.82. The van der Waals surface area contributed by atoms with E-state index in [-0.39, 0.29) is 41.6 Å². The lowest BCUT2D eigenvalue weighted by Gasteiger charge is -2.48. The summed E-state index contributed by atoms with van der Waals surface area (Å²) in [6.07, 6.45) is -8.31. The molecule has 1 N–H and O–H groups in total. The third-order valence-corrected chi connectivity index (χ3v) is 6.21. The minimum atomic E-state index is -4.77. The topological polar surface area (TPSA) is 83.9 Å². The van der Waals surface area contributed by atoms with Crippen LogP contribution < -0.4 is 5.11 Å². The molecule has 2 aromatic rings. The number of hydrogen-bond acceptors (Lipinski definition) is 4. The van der Waals surface area contributed by atoms with E-state index in [9.17, 15) is 37.4 Å². The van der Waals surface area contributed by atoms with Crippen LogP contribution >= 0.6 is 23.2 Å². The molecule has 0 aliphatic rings. The van der Waals surface area contributed by atoms with Crippen molar-refractivity contribution in [1.82, 2.24) is 9.80 Å². The quantitative estimate of drug-likeness (QED) is 0.456. The lowest BCUT2D eigenvalue weighted by atomic mass is 9.82. The number of nitrogens with zero attached hydrogens (tertiary/aromatic N) is 2. The summed E-state index contributed by atoms with van der Waals surface area (Å²) in [5.74, 6) is -1.84. The smallest absolute Gasteiger partial charge is 0.397 e. The van der Waals surface area contributed by atoms with Crippen LogP contribution in [0.5, 0.6) is 0 Å². The maximum atomic E-state index is 13.4. The van der Waals surface area contributed by atoms with Crippen molar-refractivity contribution in [3.05, 3.63) is 69.5 Å². The Labute approximate surface area is 209 Å². The van der Waals surface area contributed by atoms with Crippen molar-refractivity contribution in [2.75, 3.05) is 20.2 Å². The van der Waals surface area contributed by atoms with Crippen molar-refractivity contribution < 1.29 is 37.4 Å². The normalized spacial score (nSPS) is 13.3. The molecule has 2 aromatic carbocycles. The van der Waals surface area contributed by atoms with Gasteiger partial charge in [-0.1, -0.05) is 41.4 Å². The molecule has 0 spiro atoms. The molecule has 35 heavy (non-hydrogen) atoms. The maximum absolute atomic E-state index is 13.4. The molecule has 192 valence electrons. The molecule has 2 rings (SSSR count). The Balaban J connectivity index is 2.66. The Morgan fingerprint density at radius 1 is 1.06 bits per heavy atom. The Morgan fingerprint density at radius 3 is 2.20 bits per heavy atom. The Kier molecular flexibility index (Phi) is 9.76. The molecule has 0 radical (unpaired) electrons. The molecule has 0 bridgehead atoms. The number of rotatable bonds is 10. The van der Waals surface area contributed by atoms with Crippen LogP contribution in [0.1, 0.15) is 30.4 Å². The number of carbonyl (C=O) groups is 2. The molecule has 0 saturated carbocycles. The number of hydrogen-bond donors (Lipinski definition) is 1. The summed E-state index contributed by atoms with van der Waals surface area (Å²) < 4.78 is 52.0. The Morgan fingerprint density at radius 2 is 1.69 bits per heavy atom. The van der Waals surface area contributed by atoms with Crippen molar-refractivity contribution in [3.63, 3.8) is 0 Å². The van der Waals surface area contributed by atoms with Gasteiger partial charge in [0.05, 0.1) is 15.6 Å². The summed E-state index contributed by atoms with van der Waals surface area (Å²) in [7, 11) is 1.12. The average Bonchev–Trinajstić information content (AvgIpc) is 2.76. The molecule has 0 heterocycles. The van der Waals surface area contributed by atoms with Gasteiger partial charge in [0, 0.05) is 26.7 Å². The molecule has 0 aliphatic carbocycles. The third-order valence-electron chi connectivity index (χ3n) is 5.47. The molecule has 0 aliphatic heterocycles. The Bertz CT molecular complexity index is 1040. The predicted molar refractivity (Wildman–Crippen MR) is 120 cm³/mol. The molecule has 12 heteroatoms. The number of likely N-dealkylation sites (N-methyl/N-ethyl adjacent to an activating group) is 1. The number of alkyl halides is 3. The summed E-state index contributed by atoms with van der Waals surface area (Å²) in [5, 5.41) is 22.1. The monoisotopic (exact) mass is 537 g/mol. The predicted octanol–water partition coefficient (Wildman–Crippen LogP) is 4.36. The van der Waals surface area contributed by atoms with Gasteiger partial charge >= 0.3 is 6.18 Å². The van der Waals surface area contributed by atoms with E-state index in [1.807, 2.05) is 0 Å². The van der Waals surface area contributed by atoms with E-state index >= 15 is 0 Å². The first-order valence-corrected chi connectivity index (χ1v) is 11.1. The van der Waals surface area contributed by atoms with Gasteiger partial charge in [0.25, 0.3) is 0 Å². The van der Waals surface area contributed by atoms with Crippen LogP contribution in [0.4, 0.5) is 22.4 Å². The molecule has 0 fully saturated rings.